The Hall–Kier alpha value is -1.56. The van der Waals surface area contributed by atoms with Gasteiger partial charge >= 0.3 is 6.03 Å². The van der Waals surface area contributed by atoms with E-state index in [2.05, 4.69) is 26.6 Å². The molecule has 1 aromatic carbocycles. The largest absolute Gasteiger partial charge is 0.343 e. The third kappa shape index (κ3) is 6.47. The Morgan fingerprint density at radius 2 is 1.73 bits per heavy atom. The molecule has 0 spiro atoms. The average molecular weight is 370 g/mol. The quantitative estimate of drug-likeness (QED) is 0.739. The molecule has 0 saturated carbocycles. The second kappa shape index (κ2) is 10.2. The van der Waals surface area contributed by atoms with Crippen LogP contribution in [0.3, 0.4) is 0 Å². The molecule has 0 atom stereocenters. The van der Waals surface area contributed by atoms with Gasteiger partial charge in [0.2, 0.25) is 5.91 Å². The van der Waals surface area contributed by atoms with E-state index >= 15 is 0 Å². The number of nitrogens with zero attached hydrogens (tertiary/aromatic N) is 1. The number of carbonyl (C=O) groups excluding carboxylic acids is 2. The van der Waals surface area contributed by atoms with Crippen molar-refractivity contribution in [1.29, 1.82) is 0 Å². The van der Waals surface area contributed by atoms with Crippen molar-refractivity contribution in [3.8, 4) is 0 Å². The Kier molecular flexibility index (Phi) is 8.58. The Labute approximate surface area is 140 Å². The lowest BCUT2D eigenvalue weighted by molar-refractivity contribution is -0.130. The fourth-order valence-corrected chi connectivity index (χ4v) is 2.57. The molecule has 0 unspecified atom stereocenters. The molecular weight excluding hydrogens is 346 g/mol. The van der Waals surface area contributed by atoms with Crippen molar-refractivity contribution in [2.24, 2.45) is 0 Å². The van der Waals surface area contributed by atoms with Gasteiger partial charge in [-0.05, 0) is 31.9 Å². The minimum absolute atomic E-state index is 0.0681. The number of benzene rings is 1. The summed E-state index contributed by atoms with van der Waals surface area (Å²) < 4.78 is 1.04. The lowest BCUT2D eigenvalue weighted by Crippen LogP contribution is -2.39. The molecule has 22 heavy (non-hydrogen) atoms. The first-order valence-corrected chi connectivity index (χ1v) is 8.40. The normalized spacial score (nSPS) is 10.1. The summed E-state index contributed by atoms with van der Waals surface area (Å²) in [5.74, 6) is 0.0681. The van der Waals surface area contributed by atoms with Gasteiger partial charge in [-0.3, -0.25) is 4.79 Å². The summed E-state index contributed by atoms with van der Waals surface area (Å²) in [5, 5.41) is 5.50. The van der Waals surface area contributed by atoms with E-state index in [1.165, 1.54) is 0 Å². The first-order valence-electron chi connectivity index (χ1n) is 7.61. The van der Waals surface area contributed by atoms with E-state index < -0.39 is 0 Å². The summed E-state index contributed by atoms with van der Waals surface area (Å²) in [6.45, 7) is 6.21. The lowest BCUT2D eigenvalue weighted by atomic mass is 10.1. The van der Waals surface area contributed by atoms with Crippen LogP contribution < -0.4 is 10.6 Å². The summed E-state index contributed by atoms with van der Waals surface area (Å²) in [5.41, 5.74) is 1.15. The second-order valence-electron chi connectivity index (χ2n) is 4.84. The van der Waals surface area contributed by atoms with Gasteiger partial charge in [0.1, 0.15) is 0 Å². The van der Waals surface area contributed by atoms with Crippen LogP contribution in [0.2, 0.25) is 0 Å². The molecule has 0 heterocycles. The standard InChI is InChI=1S/C16H24BrN3O2/c1-3-20(4-2)15(21)10-12-19-16(22)18-11-9-13-7-5-6-8-14(13)17/h5-8H,3-4,9-12H2,1-2H3,(H2,18,19,22). The SMILES string of the molecule is CCN(CC)C(=O)CCNC(=O)NCCc1ccccc1Br. The maximum atomic E-state index is 11.8. The highest BCUT2D eigenvalue weighted by atomic mass is 79.9. The van der Waals surface area contributed by atoms with E-state index in [9.17, 15) is 9.59 Å². The summed E-state index contributed by atoms with van der Waals surface area (Å²) >= 11 is 3.48. The first kappa shape index (κ1) is 18.5. The number of halogens is 1. The molecule has 1 rings (SSSR count). The number of hydrogen-bond acceptors (Lipinski definition) is 2. The van der Waals surface area contributed by atoms with Crippen molar-refractivity contribution in [1.82, 2.24) is 15.5 Å². The zero-order valence-electron chi connectivity index (χ0n) is 13.2. The highest BCUT2D eigenvalue weighted by molar-refractivity contribution is 9.10. The fraction of sp³-hybridized carbons (Fsp3) is 0.500. The summed E-state index contributed by atoms with van der Waals surface area (Å²) in [6.07, 6.45) is 1.09. The molecule has 0 aliphatic heterocycles. The Morgan fingerprint density at radius 1 is 1.09 bits per heavy atom. The van der Waals surface area contributed by atoms with Crippen LogP contribution in [-0.4, -0.2) is 43.0 Å². The minimum Gasteiger partial charge on any atom is -0.343 e. The van der Waals surface area contributed by atoms with Crippen LogP contribution in [0.4, 0.5) is 4.79 Å². The van der Waals surface area contributed by atoms with Crippen LogP contribution in [-0.2, 0) is 11.2 Å². The van der Waals surface area contributed by atoms with Gasteiger partial charge in [-0.2, -0.15) is 0 Å². The van der Waals surface area contributed by atoms with Crippen molar-refractivity contribution in [3.63, 3.8) is 0 Å². The number of urea groups is 1. The van der Waals surface area contributed by atoms with Crippen LogP contribution in [0, 0.1) is 0 Å². The van der Waals surface area contributed by atoms with Gasteiger partial charge in [-0.15, -0.1) is 0 Å². The minimum atomic E-state index is -0.237. The van der Waals surface area contributed by atoms with Crippen LogP contribution in [0.1, 0.15) is 25.8 Å². The second-order valence-corrected chi connectivity index (χ2v) is 5.69. The average Bonchev–Trinajstić information content (AvgIpc) is 2.50. The van der Waals surface area contributed by atoms with Crippen molar-refractivity contribution in [3.05, 3.63) is 34.3 Å². The molecule has 0 bridgehead atoms. The monoisotopic (exact) mass is 369 g/mol. The van der Waals surface area contributed by atoms with Gasteiger partial charge in [-0.1, -0.05) is 34.1 Å². The van der Waals surface area contributed by atoms with Crippen molar-refractivity contribution >= 4 is 27.9 Å². The summed E-state index contributed by atoms with van der Waals surface area (Å²) in [4.78, 5) is 25.2. The first-order chi connectivity index (χ1) is 10.6. The topological polar surface area (TPSA) is 61.4 Å². The molecule has 0 radical (unpaired) electrons. The predicted octanol–water partition coefficient (Wildman–Crippen LogP) is 2.55. The zero-order valence-corrected chi connectivity index (χ0v) is 14.8. The van der Waals surface area contributed by atoms with Gasteiger partial charge in [0.25, 0.3) is 0 Å². The molecule has 0 fully saturated rings. The van der Waals surface area contributed by atoms with Crippen molar-refractivity contribution in [2.45, 2.75) is 26.7 Å². The molecule has 5 nitrogen and oxygen atoms in total. The Morgan fingerprint density at radius 3 is 2.36 bits per heavy atom. The Balaban J connectivity index is 2.19. The van der Waals surface area contributed by atoms with Gasteiger partial charge < -0.3 is 15.5 Å². The van der Waals surface area contributed by atoms with Crippen molar-refractivity contribution < 1.29 is 9.59 Å². The predicted molar refractivity (Wildman–Crippen MR) is 91.8 cm³/mol. The number of amides is 3. The van der Waals surface area contributed by atoms with E-state index in [1.54, 1.807) is 4.90 Å². The van der Waals surface area contributed by atoms with Crippen LogP contribution in [0.5, 0.6) is 0 Å². The number of nitrogens with one attached hydrogen (secondary N) is 2. The van der Waals surface area contributed by atoms with E-state index in [4.69, 9.17) is 0 Å². The maximum Gasteiger partial charge on any atom is 0.314 e. The van der Waals surface area contributed by atoms with E-state index in [0.717, 1.165) is 16.5 Å². The number of carbonyl (C=O) groups is 2. The molecule has 122 valence electrons. The number of hydrogen-bond donors (Lipinski definition) is 2. The van der Waals surface area contributed by atoms with E-state index in [1.807, 2.05) is 38.1 Å². The molecule has 0 aromatic heterocycles. The van der Waals surface area contributed by atoms with Gasteiger partial charge in [0.05, 0.1) is 0 Å². The van der Waals surface area contributed by atoms with Crippen LogP contribution >= 0.6 is 15.9 Å². The highest BCUT2D eigenvalue weighted by Crippen LogP contribution is 2.15. The molecule has 0 aliphatic rings. The van der Waals surface area contributed by atoms with Gasteiger partial charge in [0, 0.05) is 37.1 Å². The smallest absolute Gasteiger partial charge is 0.314 e. The highest BCUT2D eigenvalue weighted by Gasteiger charge is 2.09. The molecule has 3 amide bonds. The zero-order chi connectivity index (χ0) is 16.4. The lowest BCUT2D eigenvalue weighted by Gasteiger charge is -2.18. The van der Waals surface area contributed by atoms with E-state index in [-0.39, 0.29) is 11.9 Å². The molecule has 2 N–H and O–H groups in total. The molecular formula is C16H24BrN3O2. The third-order valence-corrected chi connectivity index (χ3v) is 4.15. The molecule has 6 heteroatoms. The van der Waals surface area contributed by atoms with Gasteiger partial charge in [0.15, 0.2) is 0 Å². The summed E-state index contributed by atoms with van der Waals surface area (Å²) in [7, 11) is 0. The number of rotatable bonds is 8. The summed E-state index contributed by atoms with van der Waals surface area (Å²) in [6, 6.07) is 7.69. The maximum absolute atomic E-state index is 11.8. The molecule has 0 saturated heterocycles. The van der Waals surface area contributed by atoms with Crippen LogP contribution in [0.15, 0.2) is 28.7 Å². The van der Waals surface area contributed by atoms with Gasteiger partial charge in [-0.25, -0.2) is 4.79 Å². The van der Waals surface area contributed by atoms with Crippen molar-refractivity contribution in [2.75, 3.05) is 26.2 Å². The fourth-order valence-electron chi connectivity index (χ4n) is 2.09. The molecule has 1 aromatic rings. The van der Waals surface area contributed by atoms with Crippen LogP contribution in [0.25, 0.3) is 0 Å². The van der Waals surface area contributed by atoms with E-state index in [0.29, 0.717) is 32.6 Å². The Bertz CT molecular complexity index is 490. The third-order valence-electron chi connectivity index (χ3n) is 3.38. The molecule has 0 aliphatic carbocycles.